The number of ketones is 1. The predicted octanol–water partition coefficient (Wildman–Crippen LogP) is 1.44. The molecule has 0 atom stereocenters. The molecule has 0 aliphatic heterocycles. The third kappa shape index (κ3) is 4.31. The number of carbonyl (C=O) groups is 2. The van der Waals surface area contributed by atoms with Gasteiger partial charge in [0.25, 0.3) is 0 Å². The minimum absolute atomic E-state index is 0.0830. The fraction of sp³-hybridized carbons (Fsp3) is 0.615. The first kappa shape index (κ1) is 14.4. The second-order valence-electron chi connectivity index (χ2n) is 4.22. The average Bonchev–Trinajstić information content (AvgIpc) is 2.74. The summed E-state index contributed by atoms with van der Waals surface area (Å²) in [7, 11) is 3.21. The summed E-state index contributed by atoms with van der Waals surface area (Å²) in [6.45, 7) is 2.05. The highest BCUT2D eigenvalue weighted by atomic mass is 16.5. The van der Waals surface area contributed by atoms with Gasteiger partial charge >= 0.3 is 5.97 Å². The summed E-state index contributed by atoms with van der Waals surface area (Å²) < 4.78 is 6.31. The van der Waals surface area contributed by atoms with Gasteiger partial charge in [-0.3, -0.25) is 14.3 Å². The average molecular weight is 252 g/mol. The fourth-order valence-electron chi connectivity index (χ4n) is 1.71. The van der Waals surface area contributed by atoms with Crippen LogP contribution in [0.25, 0.3) is 0 Å². The Hall–Kier alpha value is -1.65. The predicted molar refractivity (Wildman–Crippen MR) is 67.2 cm³/mol. The Balaban J connectivity index is 2.37. The number of esters is 1. The smallest absolute Gasteiger partial charge is 0.305 e. The van der Waals surface area contributed by atoms with Crippen molar-refractivity contribution in [3.8, 4) is 0 Å². The number of Topliss-reactive ketones (excluding diaryl/α,β-unsaturated/α-hetero) is 1. The third-order valence-electron chi connectivity index (χ3n) is 2.89. The lowest BCUT2D eigenvalue weighted by Gasteiger charge is -2.01. The summed E-state index contributed by atoms with van der Waals surface area (Å²) in [5, 5.41) is 4.33. The molecule has 0 N–H and O–H groups in total. The third-order valence-corrected chi connectivity index (χ3v) is 2.89. The van der Waals surface area contributed by atoms with E-state index in [9.17, 15) is 9.59 Å². The van der Waals surface area contributed by atoms with E-state index in [1.54, 1.807) is 0 Å². The van der Waals surface area contributed by atoms with Crippen LogP contribution in [0.2, 0.25) is 0 Å². The van der Waals surface area contributed by atoms with Gasteiger partial charge in [-0.1, -0.05) is 6.92 Å². The molecule has 5 nitrogen and oxygen atoms in total. The maximum atomic E-state index is 11.6. The van der Waals surface area contributed by atoms with Gasteiger partial charge < -0.3 is 4.74 Å². The number of methoxy groups -OCH3 is 1. The van der Waals surface area contributed by atoms with Gasteiger partial charge in [0, 0.05) is 25.6 Å². The Morgan fingerprint density at radius 1 is 1.33 bits per heavy atom. The van der Waals surface area contributed by atoms with Crippen LogP contribution < -0.4 is 0 Å². The molecule has 0 aliphatic carbocycles. The summed E-state index contributed by atoms with van der Waals surface area (Å²) in [6, 6.07) is 2.02. The van der Waals surface area contributed by atoms with Gasteiger partial charge in [-0.2, -0.15) is 5.10 Å². The SMILES string of the molecule is CCc1cc(CCC(=O)CCC(=O)OC)n(C)n1. The minimum Gasteiger partial charge on any atom is -0.469 e. The van der Waals surface area contributed by atoms with Crippen molar-refractivity contribution in [3.05, 3.63) is 17.5 Å². The molecule has 0 saturated carbocycles. The van der Waals surface area contributed by atoms with E-state index in [-0.39, 0.29) is 24.6 Å². The highest BCUT2D eigenvalue weighted by Gasteiger charge is 2.09. The van der Waals surface area contributed by atoms with Crippen LogP contribution in [-0.4, -0.2) is 28.6 Å². The molecule has 0 unspecified atom stereocenters. The Morgan fingerprint density at radius 2 is 2.06 bits per heavy atom. The van der Waals surface area contributed by atoms with Crippen molar-refractivity contribution in [2.45, 2.75) is 39.0 Å². The van der Waals surface area contributed by atoms with Gasteiger partial charge in [0.2, 0.25) is 0 Å². The molecule has 18 heavy (non-hydrogen) atoms. The zero-order valence-corrected chi connectivity index (χ0v) is 11.2. The highest BCUT2D eigenvalue weighted by Crippen LogP contribution is 2.08. The van der Waals surface area contributed by atoms with E-state index in [1.165, 1.54) is 7.11 Å². The Bertz CT molecular complexity index is 424. The summed E-state index contributed by atoms with van der Waals surface area (Å²) in [5.41, 5.74) is 2.09. The number of ether oxygens (including phenoxy) is 1. The molecule has 0 aromatic carbocycles. The molecule has 0 radical (unpaired) electrons. The van der Waals surface area contributed by atoms with Crippen molar-refractivity contribution >= 4 is 11.8 Å². The normalized spacial score (nSPS) is 10.4. The Morgan fingerprint density at radius 3 is 2.61 bits per heavy atom. The standard InChI is InChI=1S/C13H20N2O3/c1-4-10-9-11(15(2)14-10)5-6-12(16)7-8-13(17)18-3/h9H,4-8H2,1-3H3. The number of aryl methyl sites for hydroxylation is 3. The van der Waals surface area contributed by atoms with Crippen LogP contribution in [0.5, 0.6) is 0 Å². The molecule has 0 aliphatic rings. The maximum Gasteiger partial charge on any atom is 0.305 e. The van der Waals surface area contributed by atoms with E-state index < -0.39 is 0 Å². The fourth-order valence-corrected chi connectivity index (χ4v) is 1.71. The lowest BCUT2D eigenvalue weighted by atomic mass is 10.1. The minimum atomic E-state index is -0.336. The van der Waals surface area contributed by atoms with Crippen molar-refractivity contribution < 1.29 is 14.3 Å². The molecule has 1 rings (SSSR count). The lowest BCUT2D eigenvalue weighted by molar-refractivity contribution is -0.141. The molecule has 5 heteroatoms. The number of aromatic nitrogens is 2. The van der Waals surface area contributed by atoms with Crippen LogP contribution in [0.4, 0.5) is 0 Å². The van der Waals surface area contributed by atoms with Gasteiger partial charge in [0.05, 0.1) is 19.2 Å². The summed E-state index contributed by atoms with van der Waals surface area (Å²) in [6.07, 6.45) is 2.43. The van der Waals surface area contributed by atoms with Crippen molar-refractivity contribution in [2.24, 2.45) is 7.05 Å². The highest BCUT2D eigenvalue weighted by molar-refractivity contribution is 5.82. The van der Waals surface area contributed by atoms with E-state index in [0.29, 0.717) is 12.8 Å². The molecule has 0 fully saturated rings. The van der Waals surface area contributed by atoms with Gasteiger partial charge in [0.15, 0.2) is 0 Å². The molecule has 100 valence electrons. The zero-order valence-electron chi connectivity index (χ0n) is 11.2. The first-order chi connectivity index (χ1) is 8.56. The van der Waals surface area contributed by atoms with Crippen molar-refractivity contribution in [1.82, 2.24) is 9.78 Å². The number of carbonyl (C=O) groups excluding carboxylic acids is 2. The second kappa shape index (κ2) is 6.93. The summed E-state index contributed by atoms with van der Waals surface area (Å²) in [5.74, 6) is -0.253. The monoisotopic (exact) mass is 252 g/mol. The van der Waals surface area contributed by atoms with Crippen LogP contribution in [0.15, 0.2) is 6.07 Å². The molecule has 0 bridgehead atoms. The molecule has 1 heterocycles. The molecule has 1 aromatic heterocycles. The number of nitrogens with zero attached hydrogens (tertiary/aromatic N) is 2. The van der Waals surface area contributed by atoms with E-state index in [1.807, 2.05) is 24.7 Å². The Kier molecular flexibility index (Phi) is 5.55. The zero-order chi connectivity index (χ0) is 13.5. The van der Waals surface area contributed by atoms with Crippen molar-refractivity contribution in [1.29, 1.82) is 0 Å². The molecule has 0 saturated heterocycles. The van der Waals surface area contributed by atoms with Crippen LogP contribution >= 0.6 is 0 Å². The molecule has 0 spiro atoms. The van der Waals surface area contributed by atoms with Crippen LogP contribution in [0, 0.1) is 0 Å². The first-order valence-corrected chi connectivity index (χ1v) is 6.17. The van der Waals surface area contributed by atoms with E-state index in [2.05, 4.69) is 9.84 Å². The van der Waals surface area contributed by atoms with Crippen molar-refractivity contribution in [2.75, 3.05) is 7.11 Å². The largest absolute Gasteiger partial charge is 0.469 e. The number of hydrogen-bond acceptors (Lipinski definition) is 4. The summed E-state index contributed by atoms with van der Waals surface area (Å²) >= 11 is 0. The second-order valence-corrected chi connectivity index (χ2v) is 4.22. The van der Waals surface area contributed by atoms with Crippen molar-refractivity contribution in [3.63, 3.8) is 0 Å². The van der Waals surface area contributed by atoms with Gasteiger partial charge in [-0.15, -0.1) is 0 Å². The maximum absolute atomic E-state index is 11.6. The lowest BCUT2D eigenvalue weighted by Crippen LogP contribution is -2.07. The van der Waals surface area contributed by atoms with E-state index in [4.69, 9.17) is 0 Å². The van der Waals surface area contributed by atoms with E-state index >= 15 is 0 Å². The topological polar surface area (TPSA) is 61.2 Å². The molecular weight excluding hydrogens is 232 g/mol. The first-order valence-electron chi connectivity index (χ1n) is 6.17. The molecule has 1 aromatic rings. The van der Waals surface area contributed by atoms with Gasteiger partial charge in [-0.25, -0.2) is 0 Å². The number of rotatable bonds is 7. The van der Waals surface area contributed by atoms with Gasteiger partial charge in [-0.05, 0) is 18.9 Å². The molecular formula is C13H20N2O3. The van der Waals surface area contributed by atoms with Crippen LogP contribution in [-0.2, 0) is 34.2 Å². The Labute approximate surface area is 107 Å². The van der Waals surface area contributed by atoms with Crippen LogP contribution in [0.1, 0.15) is 37.6 Å². The summed E-state index contributed by atoms with van der Waals surface area (Å²) in [4.78, 5) is 22.5. The van der Waals surface area contributed by atoms with Gasteiger partial charge in [0.1, 0.15) is 5.78 Å². The van der Waals surface area contributed by atoms with E-state index in [0.717, 1.165) is 17.8 Å². The number of hydrogen-bond donors (Lipinski definition) is 0. The quantitative estimate of drug-likeness (QED) is 0.689. The van der Waals surface area contributed by atoms with Crippen LogP contribution in [0.3, 0.4) is 0 Å². The molecule has 0 amide bonds.